The van der Waals surface area contributed by atoms with E-state index in [0.29, 0.717) is 11.8 Å². The van der Waals surface area contributed by atoms with Crippen LogP contribution in [-0.4, -0.2) is 24.1 Å². The quantitative estimate of drug-likeness (QED) is 0.926. The SMILES string of the molecule is CNC(c1cccnc1OC)C1CCc2cccnc21. The summed E-state index contributed by atoms with van der Waals surface area (Å²) in [5.41, 5.74) is 3.67. The van der Waals surface area contributed by atoms with Crippen LogP contribution in [0.15, 0.2) is 36.7 Å². The molecule has 104 valence electrons. The molecule has 0 saturated carbocycles. The second kappa shape index (κ2) is 5.59. The van der Waals surface area contributed by atoms with Crippen molar-refractivity contribution in [1.29, 1.82) is 0 Å². The summed E-state index contributed by atoms with van der Waals surface area (Å²) >= 11 is 0. The Hall–Kier alpha value is -1.94. The summed E-state index contributed by atoms with van der Waals surface area (Å²) < 4.78 is 5.40. The summed E-state index contributed by atoms with van der Waals surface area (Å²) in [5.74, 6) is 1.06. The van der Waals surface area contributed by atoms with Crippen molar-refractivity contribution >= 4 is 0 Å². The highest BCUT2D eigenvalue weighted by molar-refractivity contribution is 5.36. The number of methoxy groups -OCH3 is 1. The van der Waals surface area contributed by atoms with Crippen molar-refractivity contribution in [3.05, 3.63) is 53.5 Å². The molecule has 1 aliphatic rings. The van der Waals surface area contributed by atoms with Crippen LogP contribution >= 0.6 is 0 Å². The predicted molar refractivity (Wildman–Crippen MR) is 77.9 cm³/mol. The van der Waals surface area contributed by atoms with E-state index in [1.807, 2.05) is 25.4 Å². The molecule has 2 aromatic rings. The number of ether oxygens (including phenoxy) is 1. The minimum atomic E-state index is 0.176. The van der Waals surface area contributed by atoms with Crippen molar-refractivity contribution in [2.75, 3.05) is 14.2 Å². The molecule has 0 saturated heterocycles. The zero-order valence-corrected chi connectivity index (χ0v) is 11.8. The van der Waals surface area contributed by atoms with Gasteiger partial charge in [-0.15, -0.1) is 0 Å². The van der Waals surface area contributed by atoms with Crippen LogP contribution < -0.4 is 10.1 Å². The number of hydrogen-bond acceptors (Lipinski definition) is 4. The Balaban J connectivity index is 1.99. The zero-order chi connectivity index (χ0) is 13.9. The maximum atomic E-state index is 5.40. The van der Waals surface area contributed by atoms with E-state index in [0.717, 1.165) is 18.4 Å². The van der Waals surface area contributed by atoms with Crippen LogP contribution in [0.25, 0.3) is 0 Å². The Morgan fingerprint density at radius 3 is 2.85 bits per heavy atom. The first-order valence-corrected chi connectivity index (χ1v) is 6.95. The first-order chi connectivity index (χ1) is 9.85. The molecular formula is C16H19N3O. The van der Waals surface area contributed by atoms with E-state index in [-0.39, 0.29) is 6.04 Å². The molecule has 0 fully saturated rings. The molecule has 2 atom stereocenters. The summed E-state index contributed by atoms with van der Waals surface area (Å²) in [6, 6.07) is 8.40. The number of rotatable bonds is 4. The fraction of sp³-hybridized carbons (Fsp3) is 0.375. The average Bonchev–Trinajstić information content (AvgIpc) is 2.93. The van der Waals surface area contributed by atoms with E-state index in [9.17, 15) is 0 Å². The van der Waals surface area contributed by atoms with Gasteiger partial charge in [-0.3, -0.25) is 4.98 Å². The molecule has 0 aliphatic heterocycles. The molecule has 1 N–H and O–H groups in total. The Morgan fingerprint density at radius 2 is 2.05 bits per heavy atom. The Morgan fingerprint density at radius 1 is 1.25 bits per heavy atom. The number of fused-ring (bicyclic) bond motifs is 1. The van der Waals surface area contributed by atoms with Crippen LogP contribution in [0, 0.1) is 0 Å². The number of aromatic nitrogens is 2. The van der Waals surface area contributed by atoms with Crippen LogP contribution in [0.2, 0.25) is 0 Å². The highest BCUT2D eigenvalue weighted by atomic mass is 16.5. The molecule has 20 heavy (non-hydrogen) atoms. The number of nitrogens with one attached hydrogen (secondary N) is 1. The minimum absolute atomic E-state index is 0.176. The maximum absolute atomic E-state index is 5.40. The highest BCUT2D eigenvalue weighted by Crippen LogP contribution is 2.41. The van der Waals surface area contributed by atoms with Gasteiger partial charge in [-0.05, 0) is 37.6 Å². The van der Waals surface area contributed by atoms with Gasteiger partial charge in [-0.1, -0.05) is 12.1 Å². The highest BCUT2D eigenvalue weighted by Gasteiger charge is 2.32. The van der Waals surface area contributed by atoms with E-state index in [1.165, 1.54) is 11.3 Å². The lowest BCUT2D eigenvalue weighted by Crippen LogP contribution is -2.24. The van der Waals surface area contributed by atoms with Crippen molar-refractivity contribution in [3.8, 4) is 5.88 Å². The second-order valence-corrected chi connectivity index (χ2v) is 5.06. The van der Waals surface area contributed by atoms with Gasteiger partial charge in [0.1, 0.15) is 0 Å². The summed E-state index contributed by atoms with van der Waals surface area (Å²) in [6.07, 6.45) is 5.84. The van der Waals surface area contributed by atoms with Crippen molar-refractivity contribution in [2.24, 2.45) is 0 Å². The second-order valence-electron chi connectivity index (χ2n) is 5.06. The van der Waals surface area contributed by atoms with E-state index >= 15 is 0 Å². The smallest absolute Gasteiger partial charge is 0.217 e. The molecule has 0 aromatic carbocycles. The first kappa shape index (κ1) is 13.1. The van der Waals surface area contributed by atoms with Crippen molar-refractivity contribution in [3.63, 3.8) is 0 Å². The van der Waals surface area contributed by atoms with Crippen molar-refractivity contribution < 1.29 is 4.74 Å². The Bertz CT molecular complexity index is 600. The standard InChI is InChI=1S/C16H19N3O/c1-17-15(13-6-4-10-19-16(13)20-2)12-8-7-11-5-3-9-18-14(11)12/h3-6,9-10,12,15,17H,7-8H2,1-2H3. The van der Waals surface area contributed by atoms with E-state index < -0.39 is 0 Å². The summed E-state index contributed by atoms with van der Waals surface area (Å²) in [6.45, 7) is 0. The van der Waals surface area contributed by atoms with Gasteiger partial charge in [-0.25, -0.2) is 4.98 Å². The Labute approximate surface area is 119 Å². The molecule has 0 spiro atoms. The minimum Gasteiger partial charge on any atom is -0.481 e. The van der Waals surface area contributed by atoms with Crippen LogP contribution in [-0.2, 0) is 6.42 Å². The van der Waals surface area contributed by atoms with Gasteiger partial charge in [0, 0.05) is 35.6 Å². The zero-order valence-electron chi connectivity index (χ0n) is 11.8. The lowest BCUT2D eigenvalue weighted by Gasteiger charge is -2.24. The molecule has 2 heterocycles. The average molecular weight is 269 g/mol. The van der Waals surface area contributed by atoms with Crippen LogP contribution in [0.5, 0.6) is 5.88 Å². The van der Waals surface area contributed by atoms with Gasteiger partial charge in [-0.2, -0.15) is 0 Å². The van der Waals surface area contributed by atoms with Crippen LogP contribution in [0.3, 0.4) is 0 Å². The van der Waals surface area contributed by atoms with Gasteiger partial charge in [0.05, 0.1) is 7.11 Å². The topological polar surface area (TPSA) is 47.0 Å². The number of hydrogen-bond donors (Lipinski definition) is 1. The third-order valence-corrected chi connectivity index (χ3v) is 4.04. The monoisotopic (exact) mass is 269 g/mol. The number of aryl methyl sites for hydroxylation is 1. The maximum Gasteiger partial charge on any atom is 0.217 e. The Kier molecular flexibility index (Phi) is 3.65. The summed E-state index contributed by atoms with van der Waals surface area (Å²) in [5, 5.41) is 3.42. The number of pyridine rings is 2. The first-order valence-electron chi connectivity index (χ1n) is 6.95. The predicted octanol–water partition coefficient (Wildman–Crippen LogP) is 2.48. The number of likely N-dealkylation sites (N-methyl/N-ethyl adjacent to an activating group) is 1. The largest absolute Gasteiger partial charge is 0.481 e. The molecule has 4 nitrogen and oxygen atoms in total. The summed E-state index contributed by atoms with van der Waals surface area (Å²) in [4.78, 5) is 8.90. The van der Waals surface area contributed by atoms with Gasteiger partial charge in [0.15, 0.2) is 0 Å². The van der Waals surface area contributed by atoms with E-state index in [2.05, 4.69) is 27.4 Å². The van der Waals surface area contributed by atoms with Gasteiger partial charge >= 0.3 is 0 Å². The van der Waals surface area contributed by atoms with Crippen molar-refractivity contribution in [1.82, 2.24) is 15.3 Å². The molecule has 2 aromatic heterocycles. The third-order valence-electron chi connectivity index (χ3n) is 4.04. The van der Waals surface area contributed by atoms with Crippen LogP contribution in [0.1, 0.15) is 35.2 Å². The van der Waals surface area contributed by atoms with Gasteiger partial charge in [0.2, 0.25) is 5.88 Å². The molecule has 4 heteroatoms. The fourth-order valence-electron chi connectivity index (χ4n) is 3.15. The van der Waals surface area contributed by atoms with Gasteiger partial charge < -0.3 is 10.1 Å². The third kappa shape index (κ3) is 2.16. The van der Waals surface area contributed by atoms with Crippen molar-refractivity contribution in [2.45, 2.75) is 24.8 Å². The molecule has 0 amide bonds. The fourth-order valence-corrected chi connectivity index (χ4v) is 3.15. The lowest BCUT2D eigenvalue weighted by molar-refractivity contribution is 0.374. The molecular weight excluding hydrogens is 250 g/mol. The van der Waals surface area contributed by atoms with E-state index in [1.54, 1.807) is 13.3 Å². The van der Waals surface area contributed by atoms with E-state index in [4.69, 9.17) is 4.74 Å². The molecule has 2 unspecified atom stereocenters. The van der Waals surface area contributed by atoms with Crippen LogP contribution in [0.4, 0.5) is 0 Å². The normalized spacial score (nSPS) is 18.6. The lowest BCUT2D eigenvalue weighted by atomic mass is 9.91. The summed E-state index contributed by atoms with van der Waals surface area (Å²) in [7, 11) is 3.65. The molecule has 0 bridgehead atoms. The molecule has 1 aliphatic carbocycles. The van der Waals surface area contributed by atoms with Gasteiger partial charge in [0.25, 0.3) is 0 Å². The molecule has 3 rings (SSSR count). The molecule has 0 radical (unpaired) electrons. The number of nitrogens with zero attached hydrogens (tertiary/aromatic N) is 2.